The van der Waals surface area contributed by atoms with E-state index < -0.39 is 0 Å². The van der Waals surface area contributed by atoms with Crippen molar-refractivity contribution in [2.45, 2.75) is 70.4 Å². The predicted molar refractivity (Wildman–Crippen MR) is 75.2 cm³/mol. The van der Waals surface area contributed by atoms with E-state index in [1.165, 1.54) is 19.3 Å². The van der Waals surface area contributed by atoms with Crippen molar-refractivity contribution in [1.82, 2.24) is 5.32 Å². The van der Waals surface area contributed by atoms with Crippen molar-refractivity contribution < 1.29 is 9.59 Å². The Morgan fingerprint density at radius 1 is 1.26 bits per heavy atom. The molecule has 2 atom stereocenters. The standard InChI is InChI=1S/C14H27N3O2/c1-10(15)7-8-14(19)17-12(9-13(16)18)11-5-3-2-4-6-11/h10-12H,2-9,15H2,1H3,(H2,16,18)(H,17,19). The number of nitrogens with one attached hydrogen (secondary N) is 1. The van der Waals surface area contributed by atoms with Crippen LogP contribution in [0.3, 0.4) is 0 Å². The van der Waals surface area contributed by atoms with Gasteiger partial charge in [-0.3, -0.25) is 9.59 Å². The molecule has 110 valence electrons. The first kappa shape index (κ1) is 16.0. The van der Waals surface area contributed by atoms with E-state index in [2.05, 4.69) is 5.32 Å². The van der Waals surface area contributed by atoms with Gasteiger partial charge >= 0.3 is 0 Å². The lowest BCUT2D eigenvalue weighted by atomic mass is 9.82. The molecule has 0 aromatic heterocycles. The maximum Gasteiger partial charge on any atom is 0.220 e. The summed E-state index contributed by atoms with van der Waals surface area (Å²) >= 11 is 0. The zero-order valence-corrected chi connectivity index (χ0v) is 11.9. The number of hydrogen-bond donors (Lipinski definition) is 3. The van der Waals surface area contributed by atoms with Crippen LogP contribution in [-0.4, -0.2) is 23.9 Å². The number of amides is 2. The first-order valence-corrected chi connectivity index (χ1v) is 7.32. The molecular weight excluding hydrogens is 242 g/mol. The zero-order valence-electron chi connectivity index (χ0n) is 11.9. The largest absolute Gasteiger partial charge is 0.370 e. The minimum atomic E-state index is -0.344. The van der Waals surface area contributed by atoms with Gasteiger partial charge in [0.2, 0.25) is 11.8 Å². The Kier molecular flexibility index (Phi) is 6.84. The number of hydrogen-bond acceptors (Lipinski definition) is 3. The van der Waals surface area contributed by atoms with Crippen molar-refractivity contribution in [3.05, 3.63) is 0 Å². The first-order valence-electron chi connectivity index (χ1n) is 7.32. The maximum atomic E-state index is 11.9. The van der Waals surface area contributed by atoms with Crippen molar-refractivity contribution in [3.63, 3.8) is 0 Å². The van der Waals surface area contributed by atoms with Gasteiger partial charge < -0.3 is 16.8 Å². The number of carbonyl (C=O) groups is 2. The monoisotopic (exact) mass is 269 g/mol. The lowest BCUT2D eigenvalue weighted by Crippen LogP contribution is -2.43. The molecule has 5 nitrogen and oxygen atoms in total. The van der Waals surface area contributed by atoms with Crippen LogP contribution in [0, 0.1) is 5.92 Å². The Hall–Kier alpha value is -1.10. The summed E-state index contributed by atoms with van der Waals surface area (Å²) < 4.78 is 0. The molecule has 0 aromatic rings. The van der Waals surface area contributed by atoms with Gasteiger partial charge in [-0.25, -0.2) is 0 Å². The molecule has 0 heterocycles. The van der Waals surface area contributed by atoms with Gasteiger partial charge in [0.1, 0.15) is 0 Å². The summed E-state index contributed by atoms with van der Waals surface area (Å²) in [4.78, 5) is 23.0. The molecule has 2 unspecified atom stereocenters. The second-order valence-corrected chi connectivity index (χ2v) is 5.76. The number of carbonyl (C=O) groups excluding carboxylic acids is 2. The van der Waals surface area contributed by atoms with Gasteiger partial charge in [-0.2, -0.15) is 0 Å². The van der Waals surface area contributed by atoms with Crippen LogP contribution in [0.4, 0.5) is 0 Å². The smallest absolute Gasteiger partial charge is 0.220 e. The van der Waals surface area contributed by atoms with Crippen molar-refractivity contribution in [2.75, 3.05) is 0 Å². The van der Waals surface area contributed by atoms with Crippen LogP contribution in [-0.2, 0) is 9.59 Å². The lowest BCUT2D eigenvalue weighted by Gasteiger charge is -2.30. The first-order chi connectivity index (χ1) is 8.99. The van der Waals surface area contributed by atoms with E-state index in [0.717, 1.165) is 12.8 Å². The molecule has 0 aromatic carbocycles. The predicted octanol–water partition coefficient (Wildman–Crippen LogP) is 1.05. The van der Waals surface area contributed by atoms with Crippen molar-refractivity contribution >= 4 is 11.8 Å². The minimum absolute atomic E-state index is 0.0193. The van der Waals surface area contributed by atoms with Crippen molar-refractivity contribution in [3.8, 4) is 0 Å². The molecule has 19 heavy (non-hydrogen) atoms. The summed E-state index contributed by atoms with van der Waals surface area (Å²) in [7, 11) is 0. The molecule has 0 aliphatic heterocycles. The van der Waals surface area contributed by atoms with Crippen LogP contribution in [0.1, 0.15) is 58.3 Å². The highest BCUT2D eigenvalue weighted by atomic mass is 16.2. The molecule has 0 spiro atoms. The van der Waals surface area contributed by atoms with Gasteiger partial charge in [-0.15, -0.1) is 0 Å². The topological polar surface area (TPSA) is 98.2 Å². The van der Waals surface area contributed by atoms with Crippen molar-refractivity contribution in [2.24, 2.45) is 17.4 Å². The van der Waals surface area contributed by atoms with Crippen LogP contribution < -0.4 is 16.8 Å². The highest BCUT2D eigenvalue weighted by Crippen LogP contribution is 2.27. The zero-order chi connectivity index (χ0) is 14.3. The molecular formula is C14H27N3O2. The van der Waals surface area contributed by atoms with E-state index in [0.29, 0.717) is 18.8 Å². The van der Waals surface area contributed by atoms with E-state index in [-0.39, 0.29) is 30.3 Å². The van der Waals surface area contributed by atoms with Crippen LogP contribution in [0.25, 0.3) is 0 Å². The second-order valence-electron chi connectivity index (χ2n) is 5.76. The van der Waals surface area contributed by atoms with Crippen LogP contribution in [0.5, 0.6) is 0 Å². The SMILES string of the molecule is CC(N)CCC(=O)NC(CC(N)=O)C1CCCCC1. The van der Waals surface area contributed by atoms with Gasteiger partial charge in [0.25, 0.3) is 0 Å². The fourth-order valence-electron chi connectivity index (χ4n) is 2.73. The third kappa shape index (κ3) is 6.57. The number of rotatable bonds is 7. The second kappa shape index (κ2) is 8.15. The van der Waals surface area contributed by atoms with Crippen LogP contribution in [0.15, 0.2) is 0 Å². The maximum absolute atomic E-state index is 11.9. The van der Waals surface area contributed by atoms with Gasteiger partial charge in [0.05, 0.1) is 0 Å². The van der Waals surface area contributed by atoms with Crippen molar-refractivity contribution in [1.29, 1.82) is 0 Å². The third-order valence-electron chi connectivity index (χ3n) is 3.81. The molecule has 5 heteroatoms. The lowest BCUT2D eigenvalue weighted by molar-refractivity contribution is -0.123. The molecule has 0 radical (unpaired) electrons. The van der Waals surface area contributed by atoms with Crippen LogP contribution >= 0.6 is 0 Å². The molecule has 0 bridgehead atoms. The Morgan fingerprint density at radius 2 is 1.89 bits per heavy atom. The van der Waals surface area contributed by atoms with E-state index in [1.807, 2.05) is 6.92 Å². The summed E-state index contributed by atoms with van der Waals surface area (Å²) in [5.74, 6) is 0.0256. The quantitative estimate of drug-likeness (QED) is 0.644. The molecule has 2 amide bonds. The van der Waals surface area contributed by atoms with E-state index in [1.54, 1.807) is 0 Å². The highest BCUT2D eigenvalue weighted by Gasteiger charge is 2.26. The molecule has 1 saturated carbocycles. The molecule has 1 rings (SSSR count). The number of nitrogens with two attached hydrogens (primary N) is 2. The summed E-state index contributed by atoms with van der Waals surface area (Å²) in [5, 5.41) is 2.98. The molecule has 5 N–H and O–H groups in total. The van der Waals surface area contributed by atoms with Gasteiger partial charge in [0, 0.05) is 24.9 Å². The highest BCUT2D eigenvalue weighted by molar-refractivity contribution is 5.78. The molecule has 1 fully saturated rings. The Morgan fingerprint density at radius 3 is 2.42 bits per heavy atom. The fraction of sp³-hybridized carbons (Fsp3) is 0.857. The summed E-state index contributed by atoms with van der Waals surface area (Å²) in [6.07, 6.45) is 7.08. The van der Waals surface area contributed by atoms with E-state index in [9.17, 15) is 9.59 Å². The average molecular weight is 269 g/mol. The molecule has 1 aliphatic rings. The molecule has 1 aliphatic carbocycles. The summed E-state index contributed by atoms with van der Waals surface area (Å²) in [6.45, 7) is 1.88. The van der Waals surface area contributed by atoms with E-state index in [4.69, 9.17) is 11.5 Å². The summed E-state index contributed by atoms with van der Waals surface area (Å²) in [5.41, 5.74) is 10.9. The third-order valence-corrected chi connectivity index (χ3v) is 3.81. The fourth-order valence-corrected chi connectivity index (χ4v) is 2.73. The Balaban J connectivity index is 2.48. The average Bonchev–Trinajstić information content (AvgIpc) is 2.36. The van der Waals surface area contributed by atoms with E-state index >= 15 is 0 Å². The normalized spacial score (nSPS) is 19.7. The Labute approximate surface area is 115 Å². The molecule has 0 saturated heterocycles. The van der Waals surface area contributed by atoms with Gasteiger partial charge in [-0.05, 0) is 32.1 Å². The minimum Gasteiger partial charge on any atom is -0.370 e. The van der Waals surface area contributed by atoms with Gasteiger partial charge in [0.15, 0.2) is 0 Å². The van der Waals surface area contributed by atoms with Gasteiger partial charge in [-0.1, -0.05) is 19.3 Å². The Bertz CT molecular complexity index is 299. The number of primary amides is 1. The summed E-state index contributed by atoms with van der Waals surface area (Å²) in [6, 6.07) is -0.0756. The van der Waals surface area contributed by atoms with Crippen LogP contribution in [0.2, 0.25) is 0 Å².